The number of carbonyl (C=O) groups is 2. The van der Waals surface area contributed by atoms with Crippen molar-refractivity contribution in [2.75, 3.05) is 0 Å². The van der Waals surface area contributed by atoms with E-state index < -0.39 is 5.97 Å². The number of Topliss-reactive ketones (excluding diaryl/α,β-unsaturated/α-hetero) is 1. The van der Waals surface area contributed by atoms with Crippen molar-refractivity contribution in [1.82, 2.24) is 19.7 Å². The van der Waals surface area contributed by atoms with Crippen molar-refractivity contribution in [2.45, 2.75) is 52.5 Å². The Morgan fingerprint density at radius 2 is 1.87 bits per heavy atom. The van der Waals surface area contributed by atoms with Crippen LogP contribution in [0.2, 0.25) is 0 Å². The molecule has 0 saturated carbocycles. The molecule has 0 unspecified atom stereocenters. The predicted molar refractivity (Wildman–Crippen MR) is 114 cm³/mol. The quantitative estimate of drug-likeness (QED) is 0.501. The molecule has 2 heterocycles. The summed E-state index contributed by atoms with van der Waals surface area (Å²) in [6.07, 6.45) is 5.69. The first-order valence-corrected chi connectivity index (χ1v) is 10.3. The average Bonchev–Trinajstić information content (AvgIpc) is 3.15. The normalized spacial score (nSPS) is 10.9. The van der Waals surface area contributed by atoms with Gasteiger partial charge in [0.05, 0.1) is 17.8 Å². The van der Waals surface area contributed by atoms with Gasteiger partial charge in [-0.05, 0) is 30.5 Å². The van der Waals surface area contributed by atoms with E-state index in [1.807, 2.05) is 19.1 Å². The maximum atomic E-state index is 12.2. The van der Waals surface area contributed by atoms with Crippen molar-refractivity contribution in [3.8, 4) is 11.3 Å². The van der Waals surface area contributed by atoms with Crippen molar-refractivity contribution >= 4 is 11.8 Å². The first-order valence-electron chi connectivity index (χ1n) is 10.3. The summed E-state index contributed by atoms with van der Waals surface area (Å²) in [6, 6.07) is 10.5. The molecule has 0 radical (unpaired) electrons. The number of aromatic nitrogens is 4. The largest absolute Gasteiger partial charge is 0.478 e. The second-order valence-corrected chi connectivity index (χ2v) is 7.19. The van der Waals surface area contributed by atoms with Crippen molar-refractivity contribution in [2.24, 2.45) is 0 Å². The van der Waals surface area contributed by atoms with Gasteiger partial charge in [-0.2, -0.15) is 0 Å². The molecule has 0 saturated heterocycles. The van der Waals surface area contributed by atoms with Crippen LogP contribution in [0.15, 0.2) is 42.6 Å². The standard InChI is InChI=1S/C23H26N4O3/c1-3-5-11-21-25-22(20(28)8-4-2)26-27(21)15-16-12-13-19(24-14-16)17-9-6-7-10-18(17)23(29)30/h6-7,9-10,12-14H,3-5,8,11,15H2,1-2H3,(H,29,30). The lowest BCUT2D eigenvalue weighted by molar-refractivity contribution is 0.0697. The zero-order valence-electron chi connectivity index (χ0n) is 17.3. The number of hydrogen-bond acceptors (Lipinski definition) is 5. The van der Waals surface area contributed by atoms with Crippen LogP contribution in [-0.4, -0.2) is 36.6 Å². The third-order valence-corrected chi connectivity index (χ3v) is 4.82. The van der Waals surface area contributed by atoms with E-state index in [4.69, 9.17) is 0 Å². The molecule has 0 aliphatic heterocycles. The van der Waals surface area contributed by atoms with Crippen LogP contribution in [0.3, 0.4) is 0 Å². The molecule has 1 aromatic carbocycles. The fourth-order valence-corrected chi connectivity index (χ4v) is 3.22. The second kappa shape index (κ2) is 9.91. The molecule has 7 heteroatoms. The lowest BCUT2D eigenvalue weighted by Gasteiger charge is -2.08. The Balaban J connectivity index is 1.84. The summed E-state index contributed by atoms with van der Waals surface area (Å²) in [4.78, 5) is 32.6. The molecule has 156 valence electrons. The van der Waals surface area contributed by atoms with E-state index in [0.717, 1.165) is 37.1 Å². The Bertz CT molecular complexity index is 1030. The number of hydrogen-bond donors (Lipinski definition) is 1. The lowest BCUT2D eigenvalue weighted by atomic mass is 10.0. The van der Waals surface area contributed by atoms with E-state index in [2.05, 4.69) is 22.0 Å². The van der Waals surface area contributed by atoms with Crippen LogP contribution in [0.5, 0.6) is 0 Å². The maximum absolute atomic E-state index is 12.2. The lowest BCUT2D eigenvalue weighted by Crippen LogP contribution is -2.08. The van der Waals surface area contributed by atoms with Crippen molar-refractivity contribution in [3.63, 3.8) is 0 Å². The molecule has 0 spiro atoms. The van der Waals surface area contributed by atoms with Crippen molar-refractivity contribution in [3.05, 3.63) is 65.4 Å². The molecule has 2 aromatic heterocycles. The molecule has 0 amide bonds. The Kier molecular flexibility index (Phi) is 7.06. The number of carboxylic acids is 1. The zero-order valence-corrected chi connectivity index (χ0v) is 17.3. The summed E-state index contributed by atoms with van der Waals surface area (Å²) in [6.45, 7) is 4.53. The van der Waals surface area contributed by atoms with Gasteiger partial charge in [0.1, 0.15) is 5.82 Å². The zero-order chi connectivity index (χ0) is 21.5. The van der Waals surface area contributed by atoms with Gasteiger partial charge < -0.3 is 5.11 Å². The Morgan fingerprint density at radius 1 is 1.07 bits per heavy atom. The fraction of sp³-hybridized carbons (Fsp3) is 0.348. The highest BCUT2D eigenvalue weighted by Crippen LogP contribution is 2.22. The molecular weight excluding hydrogens is 380 g/mol. The van der Waals surface area contributed by atoms with Gasteiger partial charge in [-0.1, -0.05) is 44.5 Å². The van der Waals surface area contributed by atoms with Crippen LogP contribution in [-0.2, 0) is 13.0 Å². The summed E-state index contributed by atoms with van der Waals surface area (Å²) in [5.74, 6) is 0.0659. The summed E-state index contributed by atoms with van der Waals surface area (Å²) in [7, 11) is 0. The SMILES string of the molecule is CCCCc1nc(C(=O)CCC)nn1Cc1ccc(-c2ccccc2C(=O)O)nc1. The topological polar surface area (TPSA) is 98.0 Å². The molecule has 1 N–H and O–H groups in total. The number of rotatable bonds is 10. The molecule has 0 fully saturated rings. The van der Waals surface area contributed by atoms with Crippen LogP contribution >= 0.6 is 0 Å². The minimum absolute atomic E-state index is 0.0345. The summed E-state index contributed by atoms with van der Waals surface area (Å²) < 4.78 is 1.78. The van der Waals surface area contributed by atoms with E-state index in [1.54, 1.807) is 35.1 Å². The number of pyridine rings is 1. The Hall–Kier alpha value is -3.35. The Morgan fingerprint density at radius 3 is 2.53 bits per heavy atom. The van der Waals surface area contributed by atoms with E-state index in [9.17, 15) is 14.7 Å². The number of carboxylic acid groups (broad SMARTS) is 1. The highest BCUT2D eigenvalue weighted by atomic mass is 16.4. The molecule has 3 aromatic rings. The molecule has 3 rings (SSSR count). The number of carbonyl (C=O) groups excluding carboxylic acids is 1. The average molecular weight is 406 g/mol. The van der Waals surface area contributed by atoms with Gasteiger partial charge in [0.25, 0.3) is 0 Å². The van der Waals surface area contributed by atoms with E-state index in [1.165, 1.54) is 0 Å². The van der Waals surface area contributed by atoms with Crippen LogP contribution < -0.4 is 0 Å². The van der Waals surface area contributed by atoms with E-state index in [0.29, 0.717) is 24.2 Å². The van der Waals surface area contributed by atoms with E-state index in [-0.39, 0.29) is 17.2 Å². The number of aryl methyl sites for hydroxylation is 1. The predicted octanol–water partition coefficient (Wildman–Crippen LogP) is 4.41. The van der Waals surface area contributed by atoms with Crippen LogP contribution in [0, 0.1) is 0 Å². The summed E-state index contributed by atoms with van der Waals surface area (Å²) >= 11 is 0. The highest BCUT2D eigenvalue weighted by molar-refractivity contribution is 5.95. The third kappa shape index (κ3) is 4.97. The number of aromatic carboxylic acids is 1. The van der Waals surface area contributed by atoms with E-state index >= 15 is 0 Å². The number of unbranched alkanes of at least 4 members (excludes halogenated alkanes) is 1. The van der Waals surface area contributed by atoms with Gasteiger partial charge in [-0.25, -0.2) is 14.5 Å². The Labute approximate surface area is 175 Å². The molecular formula is C23H26N4O3. The molecule has 7 nitrogen and oxygen atoms in total. The molecule has 30 heavy (non-hydrogen) atoms. The second-order valence-electron chi connectivity index (χ2n) is 7.19. The summed E-state index contributed by atoms with van der Waals surface area (Å²) in [5, 5.41) is 13.8. The maximum Gasteiger partial charge on any atom is 0.336 e. The molecule has 0 aliphatic carbocycles. The highest BCUT2D eigenvalue weighted by Gasteiger charge is 2.16. The molecule has 0 aliphatic rings. The van der Waals surface area contributed by atoms with Gasteiger partial charge in [-0.3, -0.25) is 9.78 Å². The van der Waals surface area contributed by atoms with Crippen molar-refractivity contribution in [1.29, 1.82) is 0 Å². The van der Waals surface area contributed by atoms with Gasteiger partial charge in [0, 0.05) is 24.6 Å². The fourth-order valence-electron chi connectivity index (χ4n) is 3.22. The number of ketones is 1. The minimum Gasteiger partial charge on any atom is -0.478 e. The first kappa shape index (κ1) is 21.4. The first-order chi connectivity index (χ1) is 14.5. The summed E-state index contributed by atoms with van der Waals surface area (Å²) in [5.41, 5.74) is 2.30. The van der Waals surface area contributed by atoms with Gasteiger partial charge in [0.15, 0.2) is 0 Å². The monoisotopic (exact) mass is 406 g/mol. The van der Waals surface area contributed by atoms with Gasteiger partial charge >= 0.3 is 5.97 Å². The number of benzene rings is 1. The van der Waals surface area contributed by atoms with Gasteiger partial charge in [0.2, 0.25) is 11.6 Å². The minimum atomic E-state index is -0.982. The smallest absolute Gasteiger partial charge is 0.336 e. The molecule has 0 bridgehead atoms. The van der Waals surface area contributed by atoms with Gasteiger partial charge in [-0.15, -0.1) is 5.10 Å². The van der Waals surface area contributed by atoms with Crippen LogP contribution in [0.25, 0.3) is 11.3 Å². The third-order valence-electron chi connectivity index (χ3n) is 4.82. The molecule has 0 atom stereocenters. The van der Waals surface area contributed by atoms with Crippen LogP contribution in [0.4, 0.5) is 0 Å². The van der Waals surface area contributed by atoms with Crippen LogP contribution in [0.1, 0.15) is 71.9 Å². The number of nitrogens with zero attached hydrogens (tertiary/aromatic N) is 4. The van der Waals surface area contributed by atoms with Crippen molar-refractivity contribution < 1.29 is 14.7 Å².